The van der Waals surface area contributed by atoms with Gasteiger partial charge in [-0.2, -0.15) is 0 Å². The molecule has 2 nitrogen and oxygen atoms in total. The summed E-state index contributed by atoms with van der Waals surface area (Å²) in [6, 6.07) is 6.63. The number of rotatable bonds is 2. The number of nitrogens with one attached hydrogen (secondary N) is 1. The van der Waals surface area contributed by atoms with Crippen molar-refractivity contribution >= 4 is 17.5 Å². The Morgan fingerprint density at radius 3 is 3.06 bits per heavy atom. The Morgan fingerprint density at radius 1 is 1.44 bits per heavy atom. The van der Waals surface area contributed by atoms with E-state index in [1.165, 1.54) is 34.6 Å². The van der Waals surface area contributed by atoms with Crippen molar-refractivity contribution < 1.29 is 4.79 Å². The summed E-state index contributed by atoms with van der Waals surface area (Å²) in [5, 5.41) is 3.51. The second-order valence-electron chi connectivity index (χ2n) is 5.51. The van der Waals surface area contributed by atoms with Gasteiger partial charge in [0.1, 0.15) is 5.78 Å². The predicted molar refractivity (Wildman–Crippen MR) is 75.3 cm³/mol. The summed E-state index contributed by atoms with van der Waals surface area (Å²) in [6.07, 6.45) is 3.08. The maximum Gasteiger partial charge on any atom is 0.134 e. The highest BCUT2D eigenvalue weighted by Crippen LogP contribution is 2.45. The SMILES string of the molecule is CC(=O)Cc1ccc2c(c1)C1(CCNC1)CCS2. The summed E-state index contributed by atoms with van der Waals surface area (Å²) < 4.78 is 0. The van der Waals surface area contributed by atoms with Crippen molar-refractivity contribution in [3.8, 4) is 0 Å². The van der Waals surface area contributed by atoms with Gasteiger partial charge in [0.05, 0.1) is 0 Å². The van der Waals surface area contributed by atoms with Crippen LogP contribution in [0.4, 0.5) is 0 Å². The maximum atomic E-state index is 11.3. The smallest absolute Gasteiger partial charge is 0.134 e. The molecular weight excluding hydrogens is 242 g/mol. The lowest BCUT2D eigenvalue weighted by atomic mass is 9.76. The lowest BCUT2D eigenvalue weighted by molar-refractivity contribution is -0.116. The Bertz CT molecular complexity index is 477. The normalized spacial score (nSPS) is 26.3. The molecule has 1 unspecified atom stereocenters. The fourth-order valence-electron chi connectivity index (χ4n) is 3.19. The lowest BCUT2D eigenvalue weighted by Crippen LogP contribution is -2.32. The standard InChI is InChI=1S/C15H19NOS/c1-11(17)8-12-2-3-14-13(9-12)15(5-7-18-14)4-6-16-10-15/h2-3,9,16H,4-8,10H2,1H3. The minimum atomic E-state index is 0.247. The van der Waals surface area contributed by atoms with Gasteiger partial charge in [-0.25, -0.2) is 0 Å². The number of thioether (sulfide) groups is 1. The van der Waals surface area contributed by atoms with Gasteiger partial charge < -0.3 is 5.32 Å². The molecule has 1 aromatic rings. The van der Waals surface area contributed by atoms with Crippen molar-refractivity contribution in [2.45, 2.75) is 36.5 Å². The second-order valence-corrected chi connectivity index (χ2v) is 6.65. The molecule has 3 rings (SSSR count). The van der Waals surface area contributed by atoms with Crippen molar-refractivity contribution in [3.63, 3.8) is 0 Å². The number of carbonyl (C=O) groups excluding carboxylic acids is 1. The van der Waals surface area contributed by atoms with E-state index in [0.29, 0.717) is 11.8 Å². The van der Waals surface area contributed by atoms with Crippen LogP contribution in [0, 0.1) is 0 Å². The third kappa shape index (κ3) is 2.10. The maximum absolute atomic E-state index is 11.3. The Hall–Kier alpha value is -0.800. The number of carbonyl (C=O) groups is 1. The van der Waals surface area contributed by atoms with Crippen LogP contribution in [0.25, 0.3) is 0 Å². The summed E-state index contributed by atoms with van der Waals surface area (Å²) in [7, 11) is 0. The average Bonchev–Trinajstić information content (AvgIpc) is 2.79. The van der Waals surface area contributed by atoms with Crippen LogP contribution < -0.4 is 5.32 Å². The molecule has 1 N–H and O–H groups in total. The first-order valence-electron chi connectivity index (χ1n) is 6.66. The largest absolute Gasteiger partial charge is 0.316 e. The van der Waals surface area contributed by atoms with Crippen LogP contribution in [0.1, 0.15) is 30.9 Å². The van der Waals surface area contributed by atoms with Crippen molar-refractivity contribution in [1.29, 1.82) is 0 Å². The first-order valence-corrected chi connectivity index (χ1v) is 7.65. The van der Waals surface area contributed by atoms with Gasteiger partial charge in [0.2, 0.25) is 0 Å². The van der Waals surface area contributed by atoms with E-state index in [-0.39, 0.29) is 5.78 Å². The van der Waals surface area contributed by atoms with E-state index < -0.39 is 0 Å². The van der Waals surface area contributed by atoms with Crippen molar-refractivity contribution in [3.05, 3.63) is 29.3 Å². The van der Waals surface area contributed by atoms with Crippen LogP contribution in [0.15, 0.2) is 23.1 Å². The zero-order chi connectivity index (χ0) is 12.6. The fraction of sp³-hybridized carbons (Fsp3) is 0.533. The number of ketones is 1. The molecule has 0 aromatic heterocycles. The van der Waals surface area contributed by atoms with Crippen LogP contribution in [-0.4, -0.2) is 24.6 Å². The summed E-state index contributed by atoms with van der Waals surface area (Å²) >= 11 is 1.96. The topological polar surface area (TPSA) is 29.1 Å². The second kappa shape index (κ2) is 4.71. The van der Waals surface area contributed by atoms with Crippen LogP contribution in [0.5, 0.6) is 0 Å². The molecule has 96 valence electrons. The summed E-state index contributed by atoms with van der Waals surface area (Å²) in [6.45, 7) is 3.90. The van der Waals surface area contributed by atoms with E-state index in [1.54, 1.807) is 6.92 Å². The molecule has 2 heterocycles. The third-order valence-electron chi connectivity index (χ3n) is 4.15. The molecule has 0 bridgehead atoms. The molecule has 1 atom stereocenters. The molecule has 0 aliphatic carbocycles. The molecule has 1 fully saturated rings. The molecule has 18 heavy (non-hydrogen) atoms. The quantitative estimate of drug-likeness (QED) is 0.887. The molecular formula is C15H19NOS. The third-order valence-corrected chi connectivity index (χ3v) is 5.23. The van der Waals surface area contributed by atoms with Gasteiger partial charge in [-0.3, -0.25) is 4.79 Å². The number of hydrogen-bond acceptors (Lipinski definition) is 3. The van der Waals surface area contributed by atoms with Gasteiger partial charge in [0.15, 0.2) is 0 Å². The number of Topliss-reactive ketones (excluding diaryl/α,β-unsaturated/α-hetero) is 1. The van der Waals surface area contributed by atoms with E-state index in [1.807, 2.05) is 11.8 Å². The Morgan fingerprint density at radius 2 is 2.33 bits per heavy atom. The highest BCUT2D eigenvalue weighted by atomic mass is 32.2. The Kier molecular flexibility index (Phi) is 3.20. The predicted octanol–water partition coefficient (Wildman–Crippen LogP) is 2.55. The number of benzene rings is 1. The lowest BCUT2D eigenvalue weighted by Gasteiger charge is -2.35. The highest BCUT2D eigenvalue weighted by molar-refractivity contribution is 7.99. The molecule has 0 saturated carbocycles. The van der Waals surface area contributed by atoms with Crippen molar-refractivity contribution in [2.24, 2.45) is 0 Å². The van der Waals surface area contributed by atoms with Crippen LogP contribution >= 0.6 is 11.8 Å². The first-order chi connectivity index (χ1) is 8.70. The summed E-state index contributed by atoms with van der Waals surface area (Å²) in [4.78, 5) is 12.7. The highest BCUT2D eigenvalue weighted by Gasteiger charge is 2.39. The summed E-state index contributed by atoms with van der Waals surface area (Å²) in [5.41, 5.74) is 3.01. The monoisotopic (exact) mass is 261 g/mol. The minimum Gasteiger partial charge on any atom is -0.316 e. The van der Waals surface area contributed by atoms with E-state index in [0.717, 1.165) is 13.1 Å². The Labute approximate surface area is 113 Å². The molecule has 2 aliphatic heterocycles. The molecule has 2 aliphatic rings. The molecule has 1 saturated heterocycles. The molecule has 3 heteroatoms. The Balaban J connectivity index is 2.00. The van der Waals surface area contributed by atoms with E-state index in [9.17, 15) is 4.79 Å². The van der Waals surface area contributed by atoms with Crippen molar-refractivity contribution in [1.82, 2.24) is 5.32 Å². The number of hydrogen-bond donors (Lipinski definition) is 1. The average molecular weight is 261 g/mol. The first kappa shape index (κ1) is 12.2. The molecule has 0 radical (unpaired) electrons. The van der Waals surface area contributed by atoms with Crippen LogP contribution in [-0.2, 0) is 16.6 Å². The van der Waals surface area contributed by atoms with Gasteiger partial charge in [-0.1, -0.05) is 12.1 Å². The van der Waals surface area contributed by atoms with E-state index in [4.69, 9.17) is 0 Å². The molecule has 1 aromatic carbocycles. The number of fused-ring (bicyclic) bond motifs is 2. The zero-order valence-electron chi connectivity index (χ0n) is 10.8. The minimum absolute atomic E-state index is 0.247. The molecule has 0 amide bonds. The zero-order valence-corrected chi connectivity index (χ0v) is 11.6. The van der Waals surface area contributed by atoms with E-state index >= 15 is 0 Å². The van der Waals surface area contributed by atoms with Gasteiger partial charge in [-0.15, -0.1) is 11.8 Å². The van der Waals surface area contributed by atoms with Crippen molar-refractivity contribution in [2.75, 3.05) is 18.8 Å². The van der Waals surface area contributed by atoms with Gasteiger partial charge in [0, 0.05) is 23.3 Å². The van der Waals surface area contributed by atoms with E-state index in [2.05, 4.69) is 23.5 Å². The van der Waals surface area contributed by atoms with Gasteiger partial charge >= 0.3 is 0 Å². The van der Waals surface area contributed by atoms with Gasteiger partial charge in [0.25, 0.3) is 0 Å². The summed E-state index contributed by atoms with van der Waals surface area (Å²) in [5.74, 6) is 1.47. The van der Waals surface area contributed by atoms with Gasteiger partial charge in [-0.05, 0) is 49.3 Å². The van der Waals surface area contributed by atoms with Crippen LogP contribution in [0.3, 0.4) is 0 Å². The molecule has 1 spiro atoms. The fourth-order valence-corrected chi connectivity index (χ4v) is 4.50. The van der Waals surface area contributed by atoms with Crippen LogP contribution in [0.2, 0.25) is 0 Å².